The van der Waals surface area contributed by atoms with Crippen molar-refractivity contribution in [2.75, 3.05) is 13.1 Å². The highest BCUT2D eigenvalue weighted by atomic mass is 19.1. The molecular formula is C12H14FNO2. The van der Waals surface area contributed by atoms with Crippen LogP contribution in [-0.2, 0) is 11.3 Å². The van der Waals surface area contributed by atoms with Gasteiger partial charge in [0.25, 0.3) is 0 Å². The van der Waals surface area contributed by atoms with Crippen molar-refractivity contribution in [3.8, 4) is 0 Å². The Balaban J connectivity index is 1.92. The van der Waals surface area contributed by atoms with Crippen LogP contribution in [-0.4, -0.2) is 29.1 Å². The number of hydrogen-bond donors (Lipinski definition) is 1. The number of carboxylic acid groups (broad SMARTS) is 1. The molecule has 1 heterocycles. The van der Waals surface area contributed by atoms with E-state index in [1.807, 2.05) is 0 Å². The predicted molar refractivity (Wildman–Crippen MR) is 57.4 cm³/mol. The van der Waals surface area contributed by atoms with Crippen molar-refractivity contribution in [2.45, 2.75) is 13.0 Å². The van der Waals surface area contributed by atoms with E-state index < -0.39 is 5.97 Å². The molecule has 0 amide bonds. The summed E-state index contributed by atoms with van der Waals surface area (Å²) in [6.45, 7) is 2.09. The smallest absolute Gasteiger partial charge is 0.307 e. The molecule has 0 aliphatic carbocycles. The summed E-state index contributed by atoms with van der Waals surface area (Å²) < 4.78 is 12.7. The van der Waals surface area contributed by atoms with Gasteiger partial charge in [0.1, 0.15) is 5.82 Å². The third kappa shape index (κ3) is 2.58. The number of nitrogens with zero attached hydrogens (tertiary/aromatic N) is 1. The van der Waals surface area contributed by atoms with Gasteiger partial charge in [0.05, 0.1) is 5.92 Å². The molecule has 16 heavy (non-hydrogen) atoms. The first-order chi connectivity index (χ1) is 7.65. The lowest BCUT2D eigenvalue weighted by Crippen LogP contribution is -2.22. The number of hydrogen-bond acceptors (Lipinski definition) is 2. The van der Waals surface area contributed by atoms with Crippen LogP contribution in [0.2, 0.25) is 0 Å². The zero-order chi connectivity index (χ0) is 11.5. The van der Waals surface area contributed by atoms with Gasteiger partial charge in [-0.25, -0.2) is 4.39 Å². The minimum Gasteiger partial charge on any atom is -0.481 e. The Hall–Kier alpha value is -1.42. The fourth-order valence-corrected chi connectivity index (χ4v) is 2.03. The first-order valence-electron chi connectivity index (χ1n) is 5.35. The molecule has 0 radical (unpaired) electrons. The van der Waals surface area contributed by atoms with Gasteiger partial charge in [-0.2, -0.15) is 0 Å². The molecule has 0 saturated carbocycles. The third-order valence-corrected chi connectivity index (χ3v) is 2.94. The van der Waals surface area contributed by atoms with Gasteiger partial charge in [-0.05, 0) is 30.7 Å². The summed E-state index contributed by atoms with van der Waals surface area (Å²) in [6, 6.07) is 6.34. The van der Waals surface area contributed by atoms with Crippen LogP contribution in [0.15, 0.2) is 24.3 Å². The number of halogens is 1. The highest BCUT2D eigenvalue weighted by Crippen LogP contribution is 2.18. The van der Waals surface area contributed by atoms with Crippen molar-refractivity contribution < 1.29 is 14.3 Å². The van der Waals surface area contributed by atoms with E-state index in [4.69, 9.17) is 5.11 Å². The van der Waals surface area contributed by atoms with Crippen molar-refractivity contribution in [1.29, 1.82) is 0 Å². The van der Waals surface area contributed by atoms with E-state index in [0.29, 0.717) is 19.5 Å². The Morgan fingerprint density at radius 3 is 2.69 bits per heavy atom. The molecule has 1 saturated heterocycles. The molecule has 1 aromatic carbocycles. The van der Waals surface area contributed by atoms with Crippen LogP contribution in [0, 0.1) is 11.7 Å². The minimum absolute atomic E-state index is 0.242. The fourth-order valence-electron chi connectivity index (χ4n) is 2.03. The lowest BCUT2D eigenvalue weighted by Gasteiger charge is -2.14. The molecule has 4 heteroatoms. The Labute approximate surface area is 93.5 Å². The zero-order valence-corrected chi connectivity index (χ0v) is 8.90. The van der Waals surface area contributed by atoms with Crippen LogP contribution in [0.1, 0.15) is 12.0 Å². The average molecular weight is 223 g/mol. The number of benzene rings is 1. The molecule has 0 spiro atoms. The van der Waals surface area contributed by atoms with E-state index in [0.717, 1.165) is 12.1 Å². The molecule has 2 rings (SSSR count). The van der Waals surface area contributed by atoms with Gasteiger partial charge in [0.2, 0.25) is 0 Å². The first kappa shape index (κ1) is 11.1. The normalized spacial score (nSPS) is 21.2. The molecular weight excluding hydrogens is 209 g/mol. The van der Waals surface area contributed by atoms with E-state index in [9.17, 15) is 9.18 Å². The summed E-state index contributed by atoms with van der Waals surface area (Å²) in [5, 5.41) is 8.86. The number of carbonyl (C=O) groups is 1. The van der Waals surface area contributed by atoms with Gasteiger partial charge in [0, 0.05) is 13.1 Å². The quantitative estimate of drug-likeness (QED) is 0.848. The van der Waals surface area contributed by atoms with Crippen molar-refractivity contribution in [1.82, 2.24) is 4.90 Å². The fraction of sp³-hybridized carbons (Fsp3) is 0.417. The Morgan fingerprint density at radius 2 is 2.12 bits per heavy atom. The molecule has 0 unspecified atom stereocenters. The van der Waals surface area contributed by atoms with E-state index in [-0.39, 0.29) is 11.7 Å². The monoisotopic (exact) mass is 223 g/mol. The lowest BCUT2D eigenvalue weighted by molar-refractivity contribution is -0.141. The summed E-state index contributed by atoms with van der Waals surface area (Å²) in [7, 11) is 0. The van der Waals surface area contributed by atoms with E-state index in [1.165, 1.54) is 12.1 Å². The Morgan fingerprint density at radius 1 is 1.44 bits per heavy atom. The van der Waals surface area contributed by atoms with Crippen molar-refractivity contribution in [3.05, 3.63) is 35.6 Å². The molecule has 0 bridgehead atoms. The van der Waals surface area contributed by atoms with Crippen LogP contribution in [0.25, 0.3) is 0 Å². The van der Waals surface area contributed by atoms with Gasteiger partial charge < -0.3 is 5.11 Å². The molecule has 0 aromatic heterocycles. The van der Waals surface area contributed by atoms with Crippen LogP contribution >= 0.6 is 0 Å². The molecule has 1 fully saturated rings. The molecule has 1 N–H and O–H groups in total. The SMILES string of the molecule is O=C(O)[C@H]1CCN(Cc2ccc(F)cc2)C1. The van der Waals surface area contributed by atoms with E-state index in [1.54, 1.807) is 12.1 Å². The second-order valence-corrected chi connectivity index (χ2v) is 4.19. The average Bonchev–Trinajstić information content (AvgIpc) is 2.70. The molecule has 1 aromatic rings. The van der Waals surface area contributed by atoms with Crippen molar-refractivity contribution in [2.24, 2.45) is 5.92 Å². The van der Waals surface area contributed by atoms with Crippen molar-refractivity contribution in [3.63, 3.8) is 0 Å². The molecule has 1 atom stereocenters. The first-order valence-corrected chi connectivity index (χ1v) is 5.35. The largest absolute Gasteiger partial charge is 0.481 e. The molecule has 1 aliphatic heterocycles. The van der Waals surface area contributed by atoms with Gasteiger partial charge in [-0.1, -0.05) is 12.1 Å². The minimum atomic E-state index is -0.721. The number of likely N-dealkylation sites (tertiary alicyclic amines) is 1. The summed E-state index contributed by atoms with van der Waals surface area (Å²) in [5.41, 5.74) is 1.02. The molecule has 3 nitrogen and oxygen atoms in total. The summed E-state index contributed by atoms with van der Waals surface area (Å²) >= 11 is 0. The number of aliphatic carboxylic acids is 1. The topological polar surface area (TPSA) is 40.5 Å². The lowest BCUT2D eigenvalue weighted by atomic mass is 10.1. The van der Waals surface area contributed by atoms with E-state index in [2.05, 4.69) is 4.90 Å². The Kier molecular flexibility index (Phi) is 3.19. The summed E-state index contributed by atoms with van der Waals surface area (Å²) in [4.78, 5) is 12.9. The van der Waals surface area contributed by atoms with E-state index >= 15 is 0 Å². The van der Waals surface area contributed by atoms with Crippen LogP contribution in [0.4, 0.5) is 4.39 Å². The summed E-state index contributed by atoms with van der Waals surface area (Å²) in [6.07, 6.45) is 0.705. The number of rotatable bonds is 3. The predicted octanol–water partition coefficient (Wildman–Crippen LogP) is 1.73. The Bertz CT molecular complexity index is 377. The maximum absolute atomic E-state index is 12.7. The van der Waals surface area contributed by atoms with Gasteiger partial charge in [-0.15, -0.1) is 0 Å². The maximum atomic E-state index is 12.7. The molecule has 1 aliphatic rings. The van der Waals surface area contributed by atoms with Crippen LogP contribution < -0.4 is 0 Å². The van der Waals surface area contributed by atoms with Gasteiger partial charge in [0.15, 0.2) is 0 Å². The standard InChI is InChI=1S/C12H14FNO2/c13-11-3-1-9(2-4-11)7-14-6-5-10(8-14)12(15)16/h1-4,10H,5-8H2,(H,15,16)/t10-/m0/s1. The third-order valence-electron chi connectivity index (χ3n) is 2.94. The van der Waals surface area contributed by atoms with Gasteiger partial charge in [-0.3, -0.25) is 9.69 Å². The highest BCUT2D eigenvalue weighted by Gasteiger charge is 2.27. The maximum Gasteiger partial charge on any atom is 0.307 e. The zero-order valence-electron chi connectivity index (χ0n) is 8.90. The van der Waals surface area contributed by atoms with Crippen LogP contribution in [0.5, 0.6) is 0 Å². The summed E-state index contributed by atoms with van der Waals surface area (Å²) in [5.74, 6) is -1.21. The highest BCUT2D eigenvalue weighted by molar-refractivity contribution is 5.70. The second kappa shape index (κ2) is 4.61. The van der Waals surface area contributed by atoms with Gasteiger partial charge >= 0.3 is 5.97 Å². The van der Waals surface area contributed by atoms with Crippen molar-refractivity contribution >= 4 is 5.97 Å². The second-order valence-electron chi connectivity index (χ2n) is 4.19. The number of carboxylic acids is 1. The van der Waals surface area contributed by atoms with Crippen LogP contribution in [0.3, 0.4) is 0 Å². The molecule has 86 valence electrons.